The summed E-state index contributed by atoms with van der Waals surface area (Å²) in [4.78, 5) is 14.2. The number of likely N-dealkylation sites (N-methyl/N-ethyl adjacent to an activating group) is 1. The molecule has 3 N–H and O–H groups in total. The Bertz CT molecular complexity index is 488. The Kier molecular flexibility index (Phi) is 6.65. The lowest BCUT2D eigenvalue weighted by Gasteiger charge is -2.30. The van der Waals surface area contributed by atoms with Gasteiger partial charge in [0.25, 0.3) is 0 Å². The van der Waals surface area contributed by atoms with Crippen LogP contribution in [0.15, 0.2) is 18.2 Å². The minimum absolute atomic E-state index is 0.00219. The molecule has 0 unspecified atom stereocenters. The number of nitrogens with two attached hydrogens (primary N) is 1. The Labute approximate surface area is 132 Å². The maximum Gasteiger partial charge on any atom is 0.238 e. The first kappa shape index (κ1) is 18.0. The molecule has 0 aliphatic rings. The first-order valence-corrected chi connectivity index (χ1v) is 7.63. The van der Waals surface area contributed by atoms with Crippen LogP contribution in [0.2, 0.25) is 5.02 Å². The van der Waals surface area contributed by atoms with Crippen LogP contribution in [0.25, 0.3) is 0 Å². The summed E-state index contributed by atoms with van der Waals surface area (Å²) >= 11 is 6.13. The predicted octanol–water partition coefficient (Wildman–Crippen LogP) is 2.89. The average Bonchev–Trinajstić information content (AvgIpc) is 2.41. The number of nitrogens with one attached hydrogen (secondary N) is 1. The molecule has 1 rings (SSSR count). The van der Waals surface area contributed by atoms with Gasteiger partial charge in [0.05, 0.1) is 17.3 Å². The molecular weight excluding hydrogens is 286 g/mol. The van der Waals surface area contributed by atoms with Crippen LogP contribution in [-0.4, -0.2) is 37.0 Å². The molecule has 1 amide bonds. The predicted molar refractivity (Wildman–Crippen MR) is 89.8 cm³/mol. The van der Waals surface area contributed by atoms with Crippen molar-refractivity contribution < 1.29 is 4.79 Å². The van der Waals surface area contributed by atoms with Crippen molar-refractivity contribution >= 4 is 23.2 Å². The Morgan fingerprint density at radius 3 is 2.62 bits per heavy atom. The summed E-state index contributed by atoms with van der Waals surface area (Å²) < 4.78 is 0. The molecule has 0 heterocycles. The standard InChI is InChI=1S/C16H26ClN3O/c1-5-20(11-16(3,4)10-18)9-15(21)19-14-7-6-12(2)8-13(14)17/h6-8H,5,9-11,18H2,1-4H3,(H,19,21). The molecule has 4 nitrogen and oxygen atoms in total. The summed E-state index contributed by atoms with van der Waals surface area (Å²) in [6, 6.07) is 5.60. The fraction of sp³-hybridized carbons (Fsp3) is 0.562. The molecule has 0 fully saturated rings. The van der Waals surface area contributed by atoms with Gasteiger partial charge in [-0.1, -0.05) is 38.4 Å². The van der Waals surface area contributed by atoms with Crippen LogP contribution in [0, 0.1) is 12.3 Å². The summed E-state index contributed by atoms with van der Waals surface area (Å²) in [5.74, 6) is -0.0598. The van der Waals surface area contributed by atoms with Gasteiger partial charge in [-0.2, -0.15) is 0 Å². The second-order valence-corrected chi connectivity index (χ2v) is 6.61. The van der Waals surface area contributed by atoms with Gasteiger partial charge in [-0.3, -0.25) is 9.69 Å². The minimum atomic E-state index is -0.0598. The van der Waals surface area contributed by atoms with Gasteiger partial charge in [-0.15, -0.1) is 0 Å². The van der Waals surface area contributed by atoms with Crippen molar-refractivity contribution in [2.75, 3.05) is 31.5 Å². The number of anilines is 1. The fourth-order valence-corrected chi connectivity index (χ4v) is 2.35. The van der Waals surface area contributed by atoms with E-state index in [1.807, 2.05) is 32.0 Å². The molecule has 0 spiro atoms. The van der Waals surface area contributed by atoms with Crippen LogP contribution in [0.3, 0.4) is 0 Å². The Morgan fingerprint density at radius 1 is 1.43 bits per heavy atom. The number of carbonyl (C=O) groups excluding carboxylic acids is 1. The largest absolute Gasteiger partial charge is 0.330 e. The van der Waals surface area contributed by atoms with Gasteiger partial charge in [-0.05, 0) is 43.1 Å². The molecule has 0 aliphatic heterocycles. The van der Waals surface area contributed by atoms with Gasteiger partial charge in [0.2, 0.25) is 5.91 Å². The van der Waals surface area contributed by atoms with E-state index in [4.69, 9.17) is 17.3 Å². The number of rotatable bonds is 7. The molecule has 0 saturated carbocycles. The van der Waals surface area contributed by atoms with E-state index in [2.05, 4.69) is 24.1 Å². The van der Waals surface area contributed by atoms with Crippen LogP contribution >= 0.6 is 11.6 Å². The van der Waals surface area contributed by atoms with Gasteiger partial charge in [0.15, 0.2) is 0 Å². The van der Waals surface area contributed by atoms with Crippen molar-refractivity contribution in [3.63, 3.8) is 0 Å². The zero-order valence-corrected chi connectivity index (χ0v) is 14.1. The summed E-state index contributed by atoms with van der Waals surface area (Å²) in [5.41, 5.74) is 7.47. The van der Waals surface area contributed by atoms with Crippen molar-refractivity contribution in [3.8, 4) is 0 Å². The maximum atomic E-state index is 12.2. The van der Waals surface area contributed by atoms with Crippen LogP contribution in [-0.2, 0) is 4.79 Å². The molecule has 1 aromatic carbocycles. The van der Waals surface area contributed by atoms with Crippen LogP contribution < -0.4 is 11.1 Å². The normalized spacial score (nSPS) is 11.8. The molecule has 5 heteroatoms. The maximum absolute atomic E-state index is 12.2. The lowest BCUT2D eigenvalue weighted by Crippen LogP contribution is -2.42. The molecule has 0 aliphatic carbocycles. The number of hydrogen-bond acceptors (Lipinski definition) is 3. The molecule has 0 atom stereocenters. The second kappa shape index (κ2) is 7.78. The van der Waals surface area contributed by atoms with Crippen LogP contribution in [0.1, 0.15) is 26.3 Å². The highest BCUT2D eigenvalue weighted by molar-refractivity contribution is 6.33. The Morgan fingerprint density at radius 2 is 2.10 bits per heavy atom. The SMILES string of the molecule is CCN(CC(=O)Nc1ccc(C)cc1Cl)CC(C)(C)CN. The van der Waals surface area contributed by atoms with Crippen LogP contribution in [0.5, 0.6) is 0 Å². The highest BCUT2D eigenvalue weighted by Crippen LogP contribution is 2.22. The van der Waals surface area contributed by atoms with E-state index in [1.165, 1.54) is 0 Å². The van der Waals surface area contributed by atoms with Crippen molar-refractivity contribution in [2.24, 2.45) is 11.1 Å². The van der Waals surface area contributed by atoms with E-state index < -0.39 is 0 Å². The minimum Gasteiger partial charge on any atom is -0.330 e. The first-order valence-electron chi connectivity index (χ1n) is 7.26. The number of hydrogen-bond donors (Lipinski definition) is 2. The number of nitrogens with zero attached hydrogens (tertiary/aromatic N) is 1. The summed E-state index contributed by atoms with van der Waals surface area (Å²) in [6.07, 6.45) is 0. The van der Waals surface area contributed by atoms with E-state index >= 15 is 0 Å². The molecule has 0 bridgehead atoms. The van der Waals surface area contributed by atoms with Gasteiger partial charge in [0, 0.05) is 6.54 Å². The third-order valence-electron chi connectivity index (χ3n) is 3.42. The summed E-state index contributed by atoms with van der Waals surface area (Å²) in [5, 5.41) is 3.43. The fourth-order valence-electron chi connectivity index (χ4n) is 2.06. The molecule has 21 heavy (non-hydrogen) atoms. The summed E-state index contributed by atoms with van der Waals surface area (Å²) in [7, 11) is 0. The van der Waals surface area contributed by atoms with E-state index in [0.717, 1.165) is 18.7 Å². The summed E-state index contributed by atoms with van der Waals surface area (Å²) in [6.45, 7) is 10.7. The van der Waals surface area contributed by atoms with Crippen molar-refractivity contribution in [1.29, 1.82) is 0 Å². The van der Waals surface area contributed by atoms with E-state index in [9.17, 15) is 4.79 Å². The lowest BCUT2D eigenvalue weighted by molar-refractivity contribution is -0.117. The van der Waals surface area contributed by atoms with E-state index in [-0.39, 0.29) is 11.3 Å². The number of benzene rings is 1. The topological polar surface area (TPSA) is 58.4 Å². The first-order chi connectivity index (χ1) is 9.77. The Hall–Kier alpha value is -1.10. The van der Waals surface area contributed by atoms with Gasteiger partial charge >= 0.3 is 0 Å². The van der Waals surface area contributed by atoms with Gasteiger partial charge in [0.1, 0.15) is 0 Å². The Balaban J connectivity index is 2.63. The molecule has 118 valence electrons. The number of halogens is 1. The number of aryl methyl sites for hydroxylation is 1. The zero-order chi connectivity index (χ0) is 16.0. The zero-order valence-electron chi connectivity index (χ0n) is 13.4. The van der Waals surface area contributed by atoms with Crippen molar-refractivity contribution in [3.05, 3.63) is 28.8 Å². The van der Waals surface area contributed by atoms with Gasteiger partial charge < -0.3 is 11.1 Å². The molecule has 0 saturated heterocycles. The van der Waals surface area contributed by atoms with E-state index in [1.54, 1.807) is 0 Å². The molecule has 0 aromatic heterocycles. The molecule has 0 radical (unpaired) electrons. The van der Waals surface area contributed by atoms with Gasteiger partial charge in [-0.25, -0.2) is 0 Å². The van der Waals surface area contributed by atoms with Crippen molar-refractivity contribution in [1.82, 2.24) is 4.90 Å². The van der Waals surface area contributed by atoms with Crippen LogP contribution in [0.4, 0.5) is 5.69 Å². The number of amides is 1. The van der Waals surface area contributed by atoms with Crippen molar-refractivity contribution in [2.45, 2.75) is 27.7 Å². The molecule has 1 aromatic rings. The third kappa shape index (κ3) is 6.04. The second-order valence-electron chi connectivity index (χ2n) is 6.20. The quantitative estimate of drug-likeness (QED) is 0.814. The highest BCUT2D eigenvalue weighted by atomic mass is 35.5. The number of carbonyl (C=O) groups is 1. The molecular formula is C16H26ClN3O. The third-order valence-corrected chi connectivity index (χ3v) is 3.73. The smallest absolute Gasteiger partial charge is 0.238 e. The highest BCUT2D eigenvalue weighted by Gasteiger charge is 2.21. The monoisotopic (exact) mass is 311 g/mol. The van der Waals surface area contributed by atoms with E-state index in [0.29, 0.717) is 23.8 Å². The lowest BCUT2D eigenvalue weighted by atomic mass is 9.93. The average molecular weight is 312 g/mol.